The van der Waals surface area contributed by atoms with Crippen LogP contribution in [0.3, 0.4) is 0 Å². The number of likely N-dealkylation sites (tertiary alicyclic amines) is 1. The van der Waals surface area contributed by atoms with Gasteiger partial charge in [-0.05, 0) is 73.6 Å². The average Bonchev–Trinajstić information content (AvgIpc) is 2.62. The number of aliphatic imine (C=N–C) groups is 1. The van der Waals surface area contributed by atoms with Crippen LogP contribution in [0.4, 0.5) is 9.59 Å². The van der Waals surface area contributed by atoms with Gasteiger partial charge in [0.25, 0.3) is 0 Å². The minimum Gasteiger partial charge on any atom is -0.444 e. The Morgan fingerprint density at radius 2 is 1.62 bits per heavy atom. The van der Waals surface area contributed by atoms with E-state index in [0.717, 1.165) is 32.4 Å². The number of piperidine rings is 1. The number of nitrogens with zero attached hydrogens (tertiary/aromatic N) is 2. The summed E-state index contributed by atoms with van der Waals surface area (Å²) in [4.78, 5) is 30.4. The number of guanidine groups is 1. The number of alkyl carbamates (subject to hydrolysis) is 1. The lowest BCUT2D eigenvalue weighted by Crippen LogP contribution is -2.43. The molecule has 0 radical (unpaired) electrons. The van der Waals surface area contributed by atoms with Crippen molar-refractivity contribution >= 4 is 42.1 Å². The summed E-state index contributed by atoms with van der Waals surface area (Å²) < 4.78 is 10.7. The second kappa shape index (κ2) is 14.6. The SMILES string of the molecule is CCNC(=NCCC1CCCN(C(=O)OC(C)(C)C)C1)NCCNC(=O)OC(C)(C)C.I. The van der Waals surface area contributed by atoms with Gasteiger partial charge in [-0.15, -0.1) is 24.0 Å². The molecule has 0 spiro atoms. The van der Waals surface area contributed by atoms with Gasteiger partial charge in [-0.2, -0.15) is 0 Å². The molecule has 0 aromatic carbocycles. The summed E-state index contributed by atoms with van der Waals surface area (Å²) in [5.74, 6) is 1.13. The van der Waals surface area contributed by atoms with Gasteiger partial charge in [-0.25, -0.2) is 9.59 Å². The number of ether oxygens (including phenoxy) is 2. The lowest BCUT2D eigenvalue weighted by atomic mass is 9.95. The largest absolute Gasteiger partial charge is 0.444 e. The Labute approximate surface area is 210 Å². The Hall–Kier alpha value is -1.46. The first-order valence-electron chi connectivity index (χ1n) is 11.4. The predicted molar refractivity (Wildman–Crippen MR) is 139 cm³/mol. The lowest BCUT2D eigenvalue weighted by Gasteiger charge is -2.34. The summed E-state index contributed by atoms with van der Waals surface area (Å²) in [6, 6.07) is 0. The molecule has 0 aromatic heterocycles. The zero-order chi connectivity index (χ0) is 23.5. The quantitative estimate of drug-likeness (QED) is 0.187. The molecule has 3 N–H and O–H groups in total. The Bertz CT molecular complexity index is 602. The van der Waals surface area contributed by atoms with Crippen LogP contribution in [-0.2, 0) is 9.47 Å². The van der Waals surface area contributed by atoms with Crippen LogP contribution in [0.1, 0.15) is 67.7 Å². The van der Waals surface area contributed by atoms with Crippen molar-refractivity contribution in [2.45, 2.75) is 78.9 Å². The van der Waals surface area contributed by atoms with Crippen LogP contribution in [0.25, 0.3) is 0 Å². The number of hydrogen-bond acceptors (Lipinski definition) is 5. The van der Waals surface area contributed by atoms with Crippen LogP contribution >= 0.6 is 24.0 Å². The van der Waals surface area contributed by atoms with Crippen LogP contribution in [-0.4, -0.2) is 73.5 Å². The Kier molecular flexibility index (Phi) is 14.0. The van der Waals surface area contributed by atoms with E-state index >= 15 is 0 Å². The van der Waals surface area contributed by atoms with Crippen molar-refractivity contribution < 1.29 is 19.1 Å². The first kappa shape index (κ1) is 30.5. The molecule has 1 unspecified atom stereocenters. The van der Waals surface area contributed by atoms with Gasteiger partial charge in [-0.1, -0.05) is 0 Å². The lowest BCUT2D eigenvalue weighted by molar-refractivity contribution is 0.0162. The highest BCUT2D eigenvalue weighted by Gasteiger charge is 2.27. The van der Waals surface area contributed by atoms with Gasteiger partial charge < -0.3 is 30.3 Å². The molecule has 188 valence electrons. The number of hydrogen-bond donors (Lipinski definition) is 3. The molecule has 0 aliphatic carbocycles. The third-order valence-electron chi connectivity index (χ3n) is 4.41. The Morgan fingerprint density at radius 1 is 1.00 bits per heavy atom. The van der Waals surface area contributed by atoms with Crippen LogP contribution in [0.2, 0.25) is 0 Å². The maximum atomic E-state index is 12.3. The van der Waals surface area contributed by atoms with Crippen LogP contribution in [0.5, 0.6) is 0 Å². The van der Waals surface area contributed by atoms with Crippen molar-refractivity contribution in [3.63, 3.8) is 0 Å². The van der Waals surface area contributed by atoms with Gasteiger partial charge in [0.1, 0.15) is 11.2 Å². The predicted octanol–water partition coefficient (Wildman–Crippen LogP) is 3.72. The number of halogens is 1. The molecule has 2 amide bonds. The molecule has 1 fully saturated rings. The van der Waals surface area contributed by atoms with E-state index in [1.54, 1.807) is 0 Å². The van der Waals surface area contributed by atoms with Gasteiger partial charge in [-0.3, -0.25) is 4.99 Å². The van der Waals surface area contributed by atoms with Gasteiger partial charge in [0.05, 0.1) is 0 Å². The molecule has 0 aromatic rings. The van der Waals surface area contributed by atoms with Crippen LogP contribution in [0, 0.1) is 5.92 Å². The molecule has 1 heterocycles. The highest BCUT2D eigenvalue weighted by molar-refractivity contribution is 14.0. The molecule has 9 nitrogen and oxygen atoms in total. The second-order valence-electron chi connectivity index (χ2n) is 9.84. The standard InChI is InChI=1S/C22H43N5O4.HI/c1-8-23-18(25-13-14-26-19(28)30-21(2,3)4)24-12-11-17-10-9-15-27(16-17)20(29)31-22(5,6)7;/h17H,8-16H2,1-7H3,(H,26,28)(H2,23,24,25);1H. The third kappa shape index (κ3) is 14.6. The Morgan fingerprint density at radius 3 is 2.22 bits per heavy atom. The van der Waals surface area contributed by atoms with Crippen molar-refractivity contribution in [1.82, 2.24) is 20.9 Å². The van der Waals surface area contributed by atoms with Gasteiger partial charge in [0.15, 0.2) is 5.96 Å². The maximum absolute atomic E-state index is 12.3. The molecule has 1 rings (SSSR count). The van der Waals surface area contributed by atoms with Crippen molar-refractivity contribution in [2.75, 3.05) is 39.3 Å². The zero-order valence-corrected chi connectivity index (χ0v) is 23.2. The van der Waals surface area contributed by atoms with Gasteiger partial charge in [0, 0.05) is 39.3 Å². The molecule has 1 saturated heterocycles. The van der Waals surface area contributed by atoms with Gasteiger partial charge >= 0.3 is 12.2 Å². The highest BCUT2D eigenvalue weighted by Crippen LogP contribution is 2.21. The monoisotopic (exact) mass is 569 g/mol. The molecule has 10 heteroatoms. The highest BCUT2D eigenvalue weighted by atomic mass is 127. The third-order valence-corrected chi connectivity index (χ3v) is 4.41. The molecular formula is C22H44IN5O4. The molecule has 1 aliphatic heterocycles. The molecule has 1 atom stereocenters. The van der Waals surface area contributed by atoms with Gasteiger partial charge in [0.2, 0.25) is 0 Å². The minimum atomic E-state index is -0.508. The molecule has 32 heavy (non-hydrogen) atoms. The number of amides is 2. The van der Waals surface area contributed by atoms with Crippen molar-refractivity contribution in [2.24, 2.45) is 10.9 Å². The summed E-state index contributed by atoms with van der Waals surface area (Å²) in [6.45, 7) is 17.0. The topological polar surface area (TPSA) is 104 Å². The molecular weight excluding hydrogens is 525 g/mol. The Balaban J connectivity index is 0.00000961. The number of rotatable bonds is 7. The zero-order valence-electron chi connectivity index (χ0n) is 20.9. The van der Waals surface area contributed by atoms with Crippen LogP contribution < -0.4 is 16.0 Å². The van der Waals surface area contributed by atoms with E-state index in [1.165, 1.54) is 0 Å². The van der Waals surface area contributed by atoms with E-state index in [-0.39, 0.29) is 30.1 Å². The maximum Gasteiger partial charge on any atom is 0.410 e. The first-order valence-corrected chi connectivity index (χ1v) is 11.4. The summed E-state index contributed by atoms with van der Waals surface area (Å²) in [6.07, 6.45) is 2.34. The van der Waals surface area contributed by atoms with Crippen molar-refractivity contribution in [1.29, 1.82) is 0 Å². The normalized spacial score (nSPS) is 17.2. The van der Waals surface area contributed by atoms with E-state index < -0.39 is 17.3 Å². The smallest absolute Gasteiger partial charge is 0.410 e. The second-order valence-corrected chi connectivity index (χ2v) is 9.84. The summed E-state index contributed by atoms with van der Waals surface area (Å²) in [5.41, 5.74) is -0.981. The molecule has 1 aliphatic rings. The summed E-state index contributed by atoms with van der Waals surface area (Å²) in [7, 11) is 0. The minimum absolute atomic E-state index is 0. The fraction of sp³-hybridized carbons (Fsp3) is 0.864. The number of carbonyl (C=O) groups excluding carboxylic acids is 2. The van der Waals surface area contributed by atoms with Crippen molar-refractivity contribution in [3.8, 4) is 0 Å². The molecule has 0 saturated carbocycles. The van der Waals surface area contributed by atoms with E-state index in [0.29, 0.717) is 38.1 Å². The average molecular weight is 570 g/mol. The van der Waals surface area contributed by atoms with Crippen molar-refractivity contribution in [3.05, 3.63) is 0 Å². The van der Waals surface area contributed by atoms with E-state index in [1.807, 2.05) is 53.4 Å². The van der Waals surface area contributed by atoms with E-state index in [9.17, 15) is 9.59 Å². The summed E-state index contributed by atoms with van der Waals surface area (Å²) in [5, 5.41) is 9.14. The summed E-state index contributed by atoms with van der Waals surface area (Å²) >= 11 is 0. The fourth-order valence-corrected chi connectivity index (χ4v) is 3.15. The van der Waals surface area contributed by atoms with Crippen LogP contribution in [0.15, 0.2) is 4.99 Å². The first-order chi connectivity index (χ1) is 14.4. The fourth-order valence-electron chi connectivity index (χ4n) is 3.15. The van der Waals surface area contributed by atoms with E-state index in [4.69, 9.17) is 9.47 Å². The van der Waals surface area contributed by atoms with E-state index in [2.05, 4.69) is 20.9 Å². The molecule has 0 bridgehead atoms. The number of carbonyl (C=O) groups is 2. The number of nitrogens with one attached hydrogen (secondary N) is 3.